The van der Waals surface area contributed by atoms with E-state index in [0.717, 1.165) is 22.9 Å². The molecule has 0 spiro atoms. The van der Waals surface area contributed by atoms with Crippen molar-refractivity contribution in [1.29, 1.82) is 0 Å². The Bertz CT molecular complexity index is 428. The monoisotopic (exact) mass is 311 g/mol. The number of carbonyl (C=O) groups is 1. The Kier molecular flexibility index (Phi) is 4.78. The molecule has 4 heteroatoms. The van der Waals surface area contributed by atoms with Crippen molar-refractivity contribution in [2.45, 2.75) is 26.3 Å². The maximum Gasteiger partial charge on any atom is 0.223 e. The summed E-state index contributed by atoms with van der Waals surface area (Å²) in [5.74, 6) is 0.267. The third kappa shape index (κ3) is 3.56. The Balaban J connectivity index is 1.90. The minimum absolute atomic E-state index is 0.117. The normalized spacial score (nSPS) is 16.6. The van der Waals surface area contributed by atoms with Crippen LogP contribution >= 0.6 is 15.9 Å². The second-order valence-electron chi connectivity index (χ2n) is 4.68. The van der Waals surface area contributed by atoms with Crippen LogP contribution in [0.2, 0.25) is 0 Å². The summed E-state index contributed by atoms with van der Waals surface area (Å²) in [6, 6.07) is 6.12. The minimum atomic E-state index is 0.117. The highest BCUT2D eigenvalue weighted by molar-refractivity contribution is 9.10. The average molecular weight is 312 g/mol. The number of aryl methyl sites for hydroxylation is 1. The zero-order valence-corrected chi connectivity index (χ0v) is 12.1. The first kappa shape index (κ1) is 13.6. The van der Waals surface area contributed by atoms with Crippen molar-refractivity contribution < 1.29 is 9.53 Å². The van der Waals surface area contributed by atoms with Gasteiger partial charge in [0, 0.05) is 30.1 Å². The molecule has 0 saturated carbocycles. The van der Waals surface area contributed by atoms with E-state index in [1.54, 1.807) is 0 Å². The van der Waals surface area contributed by atoms with Gasteiger partial charge in [-0.15, -0.1) is 0 Å². The fraction of sp³-hybridized carbons (Fsp3) is 0.500. The first-order valence-electron chi connectivity index (χ1n) is 6.27. The van der Waals surface area contributed by atoms with E-state index in [4.69, 9.17) is 4.74 Å². The van der Waals surface area contributed by atoms with E-state index in [-0.39, 0.29) is 11.8 Å². The van der Waals surface area contributed by atoms with Crippen LogP contribution in [-0.2, 0) is 16.1 Å². The second-order valence-corrected chi connectivity index (χ2v) is 5.59. The molecule has 0 radical (unpaired) electrons. The van der Waals surface area contributed by atoms with Gasteiger partial charge in [0.15, 0.2) is 0 Å². The van der Waals surface area contributed by atoms with Crippen LogP contribution < -0.4 is 5.32 Å². The lowest BCUT2D eigenvalue weighted by atomic mass is 9.99. The Labute approximate surface area is 116 Å². The summed E-state index contributed by atoms with van der Waals surface area (Å²) in [7, 11) is 0. The molecular formula is C14H18BrNO2. The van der Waals surface area contributed by atoms with E-state index in [0.29, 0.717) is 19.8 Å². The lowest BCUT2D eigenvalue weighted by molar-refractivity contribution is -0.128. The summed E-state index contributed by atoms with van der Waals surface area (Å²) in [4.78, 5) is 12.0. The highest BCUT2D eigenvalue weighted by Gasteiger charge is 2.21. The van der Waals surface area contributed by atoms with Gasteiger partial charge in [0.25, 0.3) is 0 Å². The number of amides is 1. The van der Waals surface area contributed by atoms with Gasteiger partial charge in [0.1, 0.15) is 0 Å². The lowest BCUT2D eigenvalue weighted by Gasteiger charge is -2.21. The van der Waals surface area contributed by atoms with Crippen LogP contribution in [0.25, 0.3) is 0 Å². The highest BCUT2D eigenvalue weighted by atomic mass is 79.9. The van der Waals surface area contributed by atoms with Crippen LogP contribution in [0.4, 0.5) is 0 Å². The van der Waals surface area contributed by atoms with Gasteiger partial charge in [-0.25, -0.2) is 0 Å². The molecule has 1 aliphatic rings. The standard InChI is InChI=1S/C14H18BrNO2/c1-10-2-3-13(15)8-12(10)9-16-14(17)11-4-6-18-7-5-11/h2-3,8,11H,4-7,9H2,1H3,(H,16,17). The van der Waals surface area contributed by atoms with Gasteiger partial charge in [0.2, 0.25) is 5.91 Å². The molecule has 1 heterocycles. The zero-order chi connectivity index (χ0) is 13.0. The van der Waals surface area contributed by atoms with E-state index < -0.39 is 0 Å². The minimum Gasteiger partial charge on any atom is -0.381 e. The summed E-state index contributed by atoms with van der Waals surface area (Å²) < 4.78 is 6.31. The maximum atomic E-state index is 12.0. The number of hydrogen-bond donors (Lipinski definition) is 1. The molecule has 2 rings (SSSR count). The molecule has 3 nitrogen and oxygen atoms in total. The van der Waals surface area contributed by atoms with Crippen LogP contribution in [-0.4, -0.2) is 19.1 Å². The molecule has 18 heavy (non-hydrogen) atoms. The smallest absolute Gasteiger partial charge is 0.223 e. The third-order valence-electron chi connectivity index (χ3n) is 3.36. The lowest BCUT2D eigenvalue weighted by Crippen LogP contribution is -2.34. The van der Waals surface area contributed by atoms with Crippen molar-refractivity contribution in [3.8, 4) is 0 Å². The maximum absolute atomic E-state index is 12.0. The van der Waals surface area contributed by atoms with Crippen LogP contribution in [0.5, 0.6) is 0 Å². The molecule has 0 aliphatic carbocycles. The summed E-state index contributed by atoms with van der Waals surface area (Å²) in [6.45, 7) is 4.06. The van der Waals surface area contributed by atoms with Crippen molar-refractivity contribution in [2.24, 2.45) is 5.92 Å². The van der Waals surface area contributed by atoms with Gasteiger partial charge in [-0.1, -0.05) is 22.0 Å². The number of rotatable bonds is 3. The molecule has 98 valence electrons. The molecule has 0 bridgehead atoms. The summed E-state index contributed by atoms with van der Waals surface area (Å²) in [6.07, 6.45) is 1.67. The van der Waals surface area contributed by atoms with Crippen molar-refractivity contribution in [2.75, 3.05) is 13.2 Å². The van der Waals surface area contributed by atoms with E-state index in [9.17, 15) is 4.79 Å². The van der Waals surface area contributed by atoms with Gasteiger partial charge in [-0.05, 0) is 43.0 Å². The Morgan fingerprint density at radius 1 is 1.44 bits per heavy atom. The first-order chi connectivity index (χ1) is 8.66. The van der Waals surface area contributed by atoms with E-state index in [1.165, 1.54) is 5.56 Å². The predicted molar refractivity (Wildman–Crippen MR) is 74.3 cm³/mol. The number of carbonyl (C=O) groups excluding carboxylic acids is 1. The van der Waals surface area contributed by atoms with E-state index >= 15 is 0 Å². The largest absolute Gasteiger partial charge is 0.381 e. The number of halogens is 1. The van der Waals surface area contributed by atoms with Gasteiger partial charge in [-0.3, -0.25) is 4.79 Å². The molecule has 1 aliphatic heterocycles. The molecule has 0 unspecified atom stereocenters. The summed E-state index contributed by atoms with van der Waals surface area (Å²) >= 11 is 3.45. The van der Waals surface area contributed by atoms with Gasteiger partial charge in [0.05, 0.1) is 0 Å². The van der Waals surface area contributed by atoms with Gasteiger partial charge in [-0.2, -0.15) is 0 Å². The Morgan fingerprint density at radius 3 is 2.89 bits per heavy atom. The van der Waals surface area contributed by atoms with Crippen molar-refractivity contribution in [3.63, 3.8) is 0 Å². The number of ether oxygens (including phenoxy) is 1. The SMILES string of the molecule is Cc1ccc(Br)cc1CNC(=O)C1CCOCC1. The molecule has 1 amide bonds. The molecule has 1 N–H and O–H groups in total. The topological polar surface area (TPSA) is 38.3 Å². The average Bonchev–Trinajstić information content (AvgIpc) is 2.40. The fourth-order valence-corrected chi connectivity index (χ4v) is 2.53. The third-order valence-corrected chi connectivity index (χ3v) is 3.85. The van der Waals surface area contributed by atoms with Crippen LogP contribution in [0.3, 0.4) is 0 Å². The zero-order valence-electron chi connectivity index (χ0n) is 10.5. The molecule has 0 aromatic heterocycles. The van der Waals surface area contributed by atoms with E-state index in [1.807, 2.05) is 6.07 Å². The van der Waals surface area contributed by atoms with Crippen LogP contribution in [0, 0.1) is 12.8 Å². The van der Waals surface area contributed by atoms with Gasteiger partial charge >= 0.3 is 0 Å². The van der Waals surface area contributed by atoms with Gasteiger partial charge < -0.3 is 10.1 Å². The Hall–Kier alpha value is -0.870. The molecule has 1 aromatic rings. The second kappa shape index (κ2) is 6.34. The van der Waals surface area contributed by atoms with Crippen LogP contribution in [0.1, 0.15) is 24.0 Å². The highest BCUT2D eigenvalue weighted by Crippen LogP contribution is 2.17. The van der Waals surface area contributed by atoms with Crippen molar-refractivity contribution >= 4 is 21.8 Å². The first-order valence-corrected chi connectivity index (χ1v) is 7.06. The van der Waals surface area contributed by atoms with Crippen molar-refractivity contribution in [3.05, 3.63) is 33.8 Å². The Morgan fingerprint density at radius 2 is 2.17 bits per heavy atom. The quantitative estimate of drug-likeness (QED) is 0.932. The molecule has 1 aromatic carbocycles. The van der Waals surface area contributed by atoms with Crippen LogP contribution in [0.15, 0.2) is 22.7 Å². The van der Waals surface area contributed by atoms with Crippen molar-refractivity contribution in [1.82, 2.24) is 5.32 Å². The number of nitrogens with one attached hydrogen (secondary N) is 1. The number of benzene rings is 1. The molecule has 1 saturated heterocycles. The fourth-order valence-electron chi connectivity index (χ4n) is 2.12. The number of hydrogen-bond acceptors (Lipinski definition) is 2. The molecule has 1 fully saturated rings. The molecular weight excluding hydrogens is 294 g/mol. The van der Waals surface area contributed by atoms with E-state index in [2.05, 4.69) is 40.3 Å². The molecule has 0 atom stereocenters. The summed E-state index contributed by atoms with van der Waals surface area (Å²) in [5.41, 5.74) is 2.36. The predicted octanol–water partition coefficient (Wildman–Crippen LogP) is 2.80. The summed E-state index contributed by atoms with van der Waals surface area (Å²) in [5, 5.41) is 3.02.